The molecule has 1 aliphatic heterocycles. The Morgan fingerprint density at radius 3 is 2.17 bits per heavy atom. The number of hydrogen-bond acceptors (Lipinski definition) is 2. The number of benzene rings is 4. The Hall–Kier alpha value is -4.89. The summed E-state index contributed by atoms with van der Waals surface area (Å²) < 4.78 is 2.46. The summed E-state index contributed by atoms with van der Waals surface area (Å²) >= 11 is 0. The number of pyridine rings is 1. The van der Waals surface area contributed by atoms with Gasteiger partial charge in [0, 0.05) is 45.5 Å². The van der Waals surface area contributed by atoms with Gasteiger partial charge in [0.1, 0.15) is 0 Å². The minimum absolute atomic E-state index is 0.0380. The van der Waals surface area contributed by atoms with E-state index in [1.807, 2.05) is 12.3 Å². The molecule has 2 atom stereocenters. The van der Waals surface area contributed by atoms with Crippen LogP contribution >= 0.6 is 0 Å². The van der Waals surface area contributed by atoms with Crippen LogP contribution in [0.15, 0.2) is 133 Å². The summed E-state index contributed by atoms with van der Waals surface area (Å²) in [5.74, 6) is 0.298. The van der Waals surface area contributed by atoms with Crippen molar-refractivity contribution >= 4 is 33.2 Å². The zero-order chi connectivity index (χ0) is 31.8. The van der Waals surface area contributed by atoms with E-state index in [1.165, 1.54) is 49.9 Å². The van der Waals surface area contributed by atoms with Gasteiger partial charge in [0.15, 0.2) is 0 Å². The van der Waals surface area contributed by atoms with E-state index in [1.54, 1.807) is 0 Å². The van der Waals surface area contributed by atoms with Crippen molar-refractivity contribution < 1.29 is 0 Å². The van der Waals surface area contributed by atoms with Crippen LogP contribution < -0.4 is 4.90 Å². The lowest BCUT2D eigenvalue weighted by atomic mass is 9.79. The third-order valence-corrected chi connectivity index (χ3v) is 9.86. The molecule has 4 aromatic carbocycles. The Balaban J connectivity index is 1.42. The van der Waals surface area contributed by atoms with E-state index < -0.39 is 0 Å². The first-order chi connectivity index (χ1) is 22.1. The summed E-state index contributed by atoms with van der Waals surface area (Å²) in [6, 6.07) is 38.2. The van der Waals surface area contributed by atoms with Crippen LogP contribution in [0.25, 0.3) is 38.8 Å². The van der Waals surface area contributed by atoms with Crippen molar-refractivity contribution in [2.24, 2.45) is 5.41 Å². The maximum absolute atomic E-state index is 4.83. The van der Waals surface area contributed by atoms with Crippen molar-refractivity contribution in [2.45, 2.75) is 58.9 Å². The van der Waals surface area contributed by atoms with E-state index in [2.05, 4.69) is 166 Å². The second-order valence-electron chi connectivity index (χ2n) is 15.0. The summed E-state index contributed by atoms with van der Waals surface area (Å²) in [5.41, 5.74) is 12.3. The van der Waals surface area contributed by atoms with Crippen LogP contribution in [0.1, 0.15) is 58.6 Å². The number of anilines is 2. The van der Waals surface area contributed by atoms with Crippen LogP contribution in [-0.4, -0.2) is 15.6 Å². The van der Waals surface area contributed by atoms with Crippen LogP contribution in [0, 0.1) is 5.41 Å². The molecule has 0 fully saturated rings. The van der Waals surface area contributed by atoms with E-state index in [9.17, 15) is 0 Å². The predicted molar refractivity (Wildman–Crippen MR) is 194 cm³/mol. The average molecular weight is 600 g/mol. The van der Waals surface area contributed by atoms with Gasteiger partial charge in [0.2, 0.25) is 0 Å². The molecule has 0 amide bonds. The maximum Gasteiger partial charge on any atom is 0.0703 e. The van der Waals surface area contributed by atoms with Gasteiger partial charge in [-0.3, -0.25) is 4.98 Å². The predicted octanol–water partition coefficient (Wildman–Crippen LogP) is 11.3. The lowest BCUT2D eigenvalue weighted by molar-refractivity contribution is 0.506. The minimum Gasteiger partial charge on any atom is -0.333 e. The Morgan fingerprint density at radius 2 is 1.39 bits per heavy atom. The van der Waals surface area contributed by atoms with Gasteiger partial charge in [-0.1, -0.05) is 114 Å². The van der Waals surface area contributed by atoms with Crippen molar-refractivity contribution in [2.75, 3.05) is 4.90 Å². The number of nitrogens with zero attached hydrogens (tertiary/aromatic N) is 3. The summed E-state index contributed by atoms with van der Waals surface area (Å²) in [6.45, 7) is 13.8. The molecule has 0 N–H and O–H groups in total. The van der Waals surface area contributed by atoms with Crippen LogP contribution in [0.3, 0.4) is 0 Å². The highest BCUT2D eigenvalue weighted by atomic mass is 15.2. The van der Waals surface area contributed by atoms with E-state index in [-0.39, 0.29) is 16.9 Å². The SMILES string of the molecule is CC(C)(C)C1=CC2C(C=C1)c1ccccc1N2c1cc(-c2ccccn2)cc(-n2c3ccccc3c3ccc(C(C)(C)C)cc32)c1. The number of hydrogen-bond donors (Lipinski definition) is 0. The van der Waals surface area contributed by atoms with Gasteiger partial charge in [0.25, 0.3) is 0 Å². The van der Waals surface area contributed by atoms with Crippen molar-refractivity contribution in [1.29, 1.82) is 0 Å². The molecule has 3 heterocycles. The summed E-state index contributed by atoms with van der Waals surface area (Å²) in [4.78, 5) is 7.40. The van der Waals surface area contributed by atoms with Gasteiger partial charge in [-0.15, -0.1) is 0 Å². The Kier molecular flexibility index (Phi) is 6.41. The summed E-state index contributed by atoms with van der Waals surface area (Å²) in [5, 5.41) is 2.54. The number of fused-ring (bicyclic) bond motifs is 6. The third kappa shape index (κ3) is 4.60. The van der Waals surface area contributed by atoms with Gasteiger partial charge in [-0.05, 0) is 76.1 Å². The highest BCUT2D eigenvalue weighted by Gasteiger charge is 2.39. The molecule has 1 aliphatic carbocycles. The molecule has 2 aromatic heterocycles. The smallest absolute Gasteiger partial charge is 0.0703 e. The fraction of sp³-hybridized carbons (Fsp3) is 0.233. The molecule has 3 nitrogen and oxygen atoms in total. The zero-order valence-corrected chi connectivity index (χ0v) is 27.6. The second-order valence-corrected chi connectivity index (χ2v) is 15.0. The van der Waals surface area contributed by atoms with Crippen molar-refractivity contribution in [3.8, 4) is 16.9 Å². The third-order valence-electron chi connectivity index (χ3n) is 9.86. The van der Waals surface area contributed by atoms with Crippen LogP contribution in [-0.2, 0) is 5.41 Å². The molecule has 0 bridgehead atoms. The normalized spacial score (nSPS) is 17.8. The monoisotopic (exact) mass is 599 g/mol. The molecule has 8 rings (SSSR count). The fourth-order valence-corrected chi connectivity index (χ4v) is 7.41. The summed E-state index contributed by atoms with van der Waals surface area (Å²) in [7, 11) is 0. The first kappa shape index (κ1) is 28.6. The largest absolute Gasteiger partial charge is 0.333 e. The fourth-order valence-electron chi connectivity index (χ4n) is 7.41. The van der Waals surface area contributed by atoms with E-state index in [0.29, 0.717) is 5.92 Å². The van der Waals surface area contributed by atoms with Gasteiger partial charge in [-0.25, -0.2) is 0 Å². The highest BCUT2D eigenvalue weighted by molar-refractivity contribution is 6.09. The molecular formula is C43H41N3. The zero-order valence-electron chi connectivity index (χ0n) is 27.6. The molecule has 0 saturated heterocycles. The topological polar surface area (TPSA) is 21.1 Å². The number of aromatic nitrogens is 2. The van der Waals surface area contributed by atoms with Crippen molar-refractivity contribution in [3.63, 3.8) is 0 Å². The Labute approximate surface area is 272 Å². The lowest BCUT2D eigenvalue weighted by Gasteiger charge is -2.33. The van der Waals surface area contributed by atoms with Crippen molar-refractivity contribution in [1.82, 2.24) is 9.55 Å². The molecule has 46 heavy (non-hydrogen) atoms. The van der Waals surface area contributed by atoms with E-state index in [0.717, 1.165) is 16.9 Å². The first-order valence-electron chi connectivity index (χ1n) is 16.5. The number of rotatable bonds is 3. The van der Waals surface area contributed by atoms with Crippen LogP contribution in [0.4, 0.5) is 11.4 Å². The number of allylic oxidation sites excluding steroid dienone is 2. The standard InChI is InChI=1S/C43H41N3/c1-42(2,3)29-18-20-35-33-13-7-9-16-38(33)45(40(35)25-29)31-23-28(37-15-11-12-22-44-37)24-32(27-31)46-39-17-10-8-14-34(39)36-21-19-30(26-41(36)46)43(4,5)6/h7-27,35,40H,1-6H3. The van der Waals surface area contributed by atoms with Gasteiger partial charge in [0.05, 0.1) is 22.8 Å². The molecular weight excluding hydrogens is 558 g/mol. The molecule has 3 heteroatoms. The second kappa shape index (κ2) is 10.3. The minimum atomic E-state index is 0.0380. The molecule has 2 unspecified atom stereocenters. The molecule has 0 spiro atoms. The van der Waals surface area contributed by atoms with Crippen molar-refractivity contribution in [3.05, 3.63) is 144 Å². The highest BCUT2D eigenvalue weighted by Crippen LogP contribution is 2.50. The van der Waals surface area contributed by atoms with Crippen LogP contribution in [0.2, 0.25) is 0 Å². The average Bonchev–Trinajstić information content (AvgIpc) is 3.56. The van der Waals surface area contributed by atoms with E-state index >= 15 is 0 Å². The lowest BCUT2D eigenvalue weighted by Crippen LogP contribution is -2.31. The van der Waals surface area contributed by atoms with Gasteiger partial charge >= 0.3 is 0 Å². The Morgan fingerprint density at radius 1 is 0.652 bits per heavy atom. The first-order valence-corrected chi connectivity index (χ1v) is 16.5. The number of para-hydroxylation sites is 2. The molecule has 2 aliphatic rings. The molecule has 228 valence electrons. The van der Waals surface area contributed by atoms with Gasteiger partial charge in [-0.2, -0.15) is 0 Å². The summed E-state index contributed by atoms with van der Waals surface area (Å²) in [6.07, 6.45) is 9.17. The molecule has 0 saturated carbocycles. The molecule has 6 aromatic rings. The molecule has 0 radical (unpaired) electrons. The van der Waals surface area contributed by atoms with E-state index in [4.69, 9.17) is 4.98 Å². The van der Waals surface area contributed by atoms with Crippen LogP contribution in [0.5, 0.6) is 0 Å². The quantitative estimate of drug-likeness (QED) is 0.202. The maximum atomic E-state index is 4.83. The van der Waals surface area contributed by atoms with Gasteiger partial charge < -0.3 is 9.47 Å². The Bertz CT molecular complexity index is 2180.